The van der Waals surface area contributed by atoms with Crippen molar-refractivity contribution in [1.29, 1.82) is 0 Å². The number of hydrogen-bond donors (Lipinski definition) is 2. The standard InChI is InChI=1S/C11H24N2O2/c1-9(14-2)7-13-11(6-12)10-4-3-5-15-8-10/h9-11,13H,3-8,12H2,1-2H3. The first-order chi connectivity index (χ1) is 7.27. The molecule has 3 unspecified atom stereocenters. The van der Waals surface area contributed by atoms with Gasteiger partial charge in [-0.15, -0.1) is 0 Å². The van der Waals surface area contributed by atoms with E-state index in [1.807, 2.05) is 0 Å². The predicted molar refractivity (Wildman–Crippen MR) is 60.9 cm³/mol. The van der Waals surface area contributed by atoms with Crippen LogP contribution in [0.4, 0.5) is 0 Å². The molecule has 1 rings (SSSR count). The van der Waals surface area contributed by atoms with Crippen molar-refractivity contribution < 1.29 is 9.47 Å². The second-order valence-corrected chi connectivity index (χ2v) is 4.27. The molecule has 4 nitrogen and oxygen atoms in total. The van der Waals surface area contributed by atoms with Crippen LogP contribution in [0.3, 0.4) is 0 Å². The second kappa shape index (κ2) is 7.17. The molecule has 90 valence electrons. The summed E-state index contributed by atoms with van der Waals surface area (Å²) in [5.74, 6) is 0.563. The summed E-state index contributed by atoms with van der Waals surface area (Å²) in [5, 5.41) is 3.46. The highest BCUT2D eigenvalue weighted by atomic mass is 16.5. The van der Waals surface area contributed by atoms with Crippen LogP contribution in [0.15, 0.2) is 0 Å². The average Bonchev–Trinajstić information content (AvgIpc) is 2.31. The largest absolute Gasteiger partial charge is 0.381 e. The third kappa shape index (κ3) is 4.47. The van der Waals surface area contributed by atoms with Gasteiger partial charge in [0.1, 0.15) is 0 Å². The molecule has 15 heavy (non-hydrogen) atoms. The van der Waals surface area contributed by atoms with Crippen molar-refractivity contribution in [2.45, 2.75) is 31.9 Å². The molecule has 0 aromatic heterocycles. The Morgan fingerprint density at radius 1 is 1.60 bits per heavy atom. The molecule has 4 heteroatoms. The Labute approximate surface area is 92.5 Å². The van der Waals surface area contributed by atoms with Gasteiger partial charge in [-0.05, 0) is 25.7 Å². The van der Waals surface area contributed by atoms with Gasteiger partial charge in [-0.2, -0.15) is 0 Å². The highest BCUT2D eigenvalue weighted by molar-refractivity contribution is 4.79. The summed E-state index contributed by atoms with van der Waals surface area (Å²) in [4.78, 5) is 0. The van der Waals surface area contributed by atoms with E-state index in [0.29, 0.717) is 18.5 Å². The zero-order valence-electron chi connectivity index (χ0n) is 9.87. The lowest BCUT2D eigenvalue weighted by Gasteiger charge is -2.30. The van der Waals surface area contributed by atoms with Crippen LogP contribution in [0.1, 0.15) is 19.8 Å². The maximum atomic E-state index is 5.77. The van der Waals surface area contributed by atoms with Crippen LogP contribution in [0.25, 0.3) is 0 Å². The SMILES string of the molecule is COC(C)CNC(CN)C1CCCOC1. The van der Waals surface area contributed by atoms with E-state index in [2.05, 4.69) is 12.2 Å². The Morgan fingerprint density at radius 3 is 2.93 bits per heavy atom. The van der Waals surface area contributed by atoms with Gasteiger partial charge in [0.05, 0.1) is 12.7 Å². The quantitative estimate of drug-likeness (QED) is 0.673. The van der Waals surface area contributed by atoms with Crippen LogP contribution in [0, 0.1) is 5.92 Å². The molecule has 0 bridgehead atoms. The minimum absolute atomic E-state index is 0.239. The summed E-state index contributed by atoms with van der Waals surface area (Å²) in [6, 6.07) is 0.364. The Morgan fingerprint density at radius 2 is 2.40 bits per heavy atom. The fourth-order valence-corrected chi connectivity index (χ4v) is 1.93. The van der Waals surface area contributed by atoms with Crippen LogP contribution in [0.5, 0.6) is 0 Å². The number of hydrogen-bond acceptors (Lipinski definition) is 4. The number of nitrogens with one attached hydrogen (secondary N) is 1. The van der Waals surface area contributed by atoms with Gasteiger partial charge in [0.2, 0.25) is 0 Å². The Hall–Kier alpha value is -0.160. The van der Waals surface area contributed by atoms with Crippen LogP contribution in [0.2, 0.25) is 0 Å². The minimum Gasteiger partial charge on any atom is -0.381 e. The molecule has 1 aliphatic heterocycles. The fourth-order valence-electron chi connectivity index (χ4n) is 1.93. The minimum atomic E-state index is 0.239. The lowest BCUT2D eigenvalue weighted by atomic mass is 9.93. The maximum Gasteiger partial charge on any atom is 0.0667 e. The molecule has 0 saturated carbocycles. The van der Waals surface area contributed by atoms with Crippen LogP contribution < -0.4 is 11.1 Å². The molecule has 1 aliphatic rings. The summed E-state index contributed by atoms with van der Waals surface area (Å²) in [5.41, 5.74) is 5.77. The van der Waals surface area contributed by atoms with E-state index < -0.39 is 0 Å². The van der Waals surface area contributed by atoms with E-state index in [1.54, 1.807) is 7.11 Å². The Kier molecular flexibility index (Phi) is 6.17. The zero-order valence-corrected chi connectivity index (χ0v) is 9.87. The van der Waals surface area contributed by atoms with Gasteiger partial charge < -0.3 is 20.5 Å². The summed E-state index contributed by atoms with van der Waals surface area (Å²) in [7, 11) is 1.73. The number of ether oxygens (including phenoxy) is 2. The number of nitrogens with two attached hydrogens (primary N) is 1. The molecule has 0 amide bonds. The molecule has 3 atom stereocenters. The van der Waals surface area contributed by atoms with E-state index in [0.717, 1.165) is 26.2 Å². The second-order valence-electron chi connectivity index (χ2n) is 4.27. The molecule has 0 spiro atoms. The Balaban J connectivity index is 2.27. The van der Waals surface area contributed by atoms with Crippen molar-refractivity contribution in [3.63, 3.8) is 0 Å². The van der Waals surface area contributed by atoms with Gasteiger partial charge in [-0.25, -0.2) is 0 Å². The van der Waals surface area contributed by atoms with E-state index in [4.69, 9.17) is 15.2 Å². The molecule has 1 fully saturated rings. The van der Waals surface area contributed by atoms with Gasteiger partial charge in [0, 0.05) is 32.8 Å². The van der Waals surface area contributed by atoms with Gasteiger partial charge >= 0.3 is 0 Å². The third-order valence-corrected chi connectivity index (χ3v) is 3.09. The predicted octanol–water partition coefficient (Wildman–Crippen LogP) is 0.365. The molecular formula is C11H24N2O2. The molecule has 0 aromatic carbocycles. The molecule has 0 radical (unpaired) electrons. The summed E-state index contributed by atoms with van der Waals surface area (Å²) in [6.45, 7) is 5.33. The lowest BCUT2D eigenvalue weighted by Crippen LogP contribution is -2.47. The molecule has 0 aliphatic carbocycles. The molecule has 1 saturated heterocycles. The van der Waals surface area contributed by atoms with Crippen LogP contribution >= 0.6 is 0 Å². The van der Waals surface area contributed by atoms with E-state index >= 15 is 0 Å². The summed E-state index contributed by atoms with van der Waals surface area (Å²) < 4.78 is 10.7. The van der Waals surface area contributed by atoms with Gasteiger partial charge in [0.25, 0.3) is 0 Å². The maximum absolute atomic E-state index is 5.77. The Bertz CT molecular complexity index is 161. The van der Waals surface area contributed by atoms with Crippen molar-refractivity contribution in [1.82, 2.24) is 5.32 Å². The van der Waals surface area contributed by atoms with Gasteiger partial charge in [0.15, 0.2) is 0 Å². The van der Waals surface area contributed by atoms with Crippen molar-refractivity contribution in [3.05, 3.63) is 0 Å². The first-order valence-electron chi connectivity index (χ1n) is 5.82. The highest BCUT2D eigenvalue weighted by Gasteiger charge is 2.22. The monoisotopic (exact) mass is 216 g/mol. The van der Waals surface area contributed by atoms with Gasteiger partial charge in [-0.1, -0.05) is 0 Å². The van der Waals surface area contributed by atoms with Crippen LogP contribution in [-0.2, 0) is 9.47 Å². The lowest BCUT2D eigenvalue weighted by molar-refractivity contribution is 0.0367. The number of methoxy groups -OCH3 is 1. The van der Waals surface area contributed by atoms with Crippen molar-refractivity contribution in [2.24, 2.45) is 11.7 Å². The molecular weight excluding hydrogens is 192 g/mol. The molecule has 0 aromatic rings. The first kappa shape index (κ1) is 12.9. The van der Waals surface area contributed by atoms with E-state index in [9.17, 15) is 0 Å². The fraction of sp³-hybridized carbons (Fsp3) is 1.00. The average molecular weight is 216 g/mol. The normalized spacial score (nSPS) is 26.2. The van der Waals surface area contributed by atoms with Gasteiger partial charge in [-0.3, -0.25) is 0 Å². The van der Waals surface area contributed by atoms with E-state index in [-0.39, 0.29) is 6.10 Å². The van der Waals surface area contributed by atoms with Crippen molar-refractivity contribution in [2.75, 3.05) is 33.4 Å². The highest BCUT2D eigenvalue weighted by Crippen LogP contribution is 2.16. The van der Waals surface area contributed by atoms with Crippen molar-refractivity contribution >= 4 is 0 Å². The zero-order chi connectivity index (χ0) is 11.1. The van der Waals surface area contributed by atoms with Crippen LogP contribution in [-0.4, -0.2) is 45.6 Å². The third-order valence-electron chi connectivity index (χ3n) is 3.09. The topological polar surface area (TPSA) is 56.5 Å². The van der Waals surface area contributed by atoms with Crippen molar-refractivity contribution in [3.8, 4) is 0 Å². The molecule has 3 N–H and O–H groups in total. The smallest absolute Gasteiger partial charge is 0.0667 e. The summed E-state index contributed by atoms with van der Waals surface area (Å²) in [6.07, 6.45) is 2.61. The molecule has 1 heterocycles. The van der Waals surface area contributed by atoms with E-state index in [1.165, 1.54) is 6.42 Å². The number of rotatable bonds is 6. The summed E-state index contributed by atoms with van der Waals surface area (Å²) >= 11 is 0. The first-order valence-corrected chi connectivity index (χ1v) is 5.82.